The maximum absolute atomic E-state index is 13.4. The van der Waals surface area contributed by atoms with Gasteiger partial charge in [0.2, 0.25) is 0 Å². The Labute approximate surface area is 200 Å². The monoisotopic (exact) mass is 461 g/mol. The van der Waals surface area contributed by atoms with Gasteiger partial charge in [0.15, 0.2) is 5.11 Å². The first-order valence-corrected chi connectivity index (χ1v) is 12.1. The zero-order valence-corrected chi connectivity index (χ0v) is 19.9. The molecule has 2 N–H and O–H groups in total. The van der Waals surface area contributed by atoms with Crippen LogP contribution in [0.1, 0.15) is 48.9 Å². The molecule has 0 bridgehead atoms. The third-order valence-corrected chi connectivity index (χ3v) is 6.38. The van der Waals surface area contributed by atoms with Crippen LogP contribution in [0.5, 0.6) is 0 Å². The van der Waals surface area contributed by atoms with Crippen LogP contribution >= 0.6 is 12.2 Å². The van der Waals surface area contributed by atoms with Gasteiger partial charge in [-0.3, -0.25) is 9.78 Å². The first kappa shape index (κ1) is 23.1. The Bertz CT molecular complexity index is 1100. The maximum Gasteiger partial charge on any atom is 0.254 e. The second-order valence-corrected chi connectivity index (χ2v) is 9.01. The topological polar surface area (TPSA) is 70.2 Å². The van der Waals surface area contributed by atoms with Gasteiger partial charge in [0.05, 0.1) is 22.5 Å². The number of para-hydroxylation sites is 1. The third kappa shape index (κ3) is 6.05. The zero-order chi connectivity index (χ0) is 23.0. The fourth-order valence-electron chi connectivity index (χ4n) is 4.31. The minimum atomic E-state index is -0.0197. The molecule has 1 amide bonds. The second kappa shape index (κ2) is 11.2. The van der Waals surface area contributed by atoms with Gasteiger partial charge in [-0.05, 0) is 55.7 Å². The molecule has 1 aromatic carbocycles. The average molecular weight is 462 g/mol. The number of benzene rings is 1. The first-order valence-electron chi connectivity index (χ1n) is 11.7. The highest BCUT2D eigenvalue weighted by Gasteiger charge is 2.18. The molecular formula is C26H31N5OS. The minimum Gasteiger partial charge on any atom is -0.363 e. The van der Waals surface area contributed by atoms with E-state index < -0.39 is 0 Å². The zero-order valence-electron chi connectivity index (χ0n) is 19.1. The summed E-state index contributed by atoms with van der Waals surface area (Å²) in [5.74, 6) is -0.0197. The molecule has 1 fully saturated rings. The van der Waals surface area contributed by atoms with Crippen molar-refractivity contribution in [2.24, 2.45) is 0 Å². The molecule has 3 aromatic rings. The van der Waals surface area contributed by atoms with Crippen LogP contribution in [0.15, 0.2) is 54.7 Å². The lowest BCUT2D eigenvalue weighted by Gasteiger charge is -2.24. The van der Waals surface area contributed by atoms with Gasteiger partial charge < -0.3 is 15.5 Å². The van der Waals surface area contributed by atoms with Crippen LogP contribution in [0.2, 0.25) is 0 Å². The van der Waals surface area contributed by atoms with Crippen LogP contribution in [0.3, 0.4) is 0 Å². The predicted octanol–water partition coefficient (Wildman–Crippen LogP) is 4.56. The molecule has 2 aromatic heterocycles. The largest absolute Gasteiger partial charge is 0.363 e. The summed E-state index contributed by atoms with van der Waals surface area (Å²) in [6, 6.07) is 15.8. The van der Waals surface area contributed by atoms with Crippen molar-refractivity contribution in [1.82, 2.24) is 25.5 Å². The van der Waals surface area contributed by atoms with E-state index in [9.17, 15) is 4.79 Å². The van der Waals surface area contributed by atoms with Crippen molar-refractivity contribution in [2.75, 3.05) is 20.1 Å². The Morgan fingerprint density at radius 2 is 1.88 bits per heavy atom. The molecule has 33 heavy (non-hydrogen) atoms. The van der Waals surface area contributed by atoms with Gasteiger partial charge in [0, 0.05) is 37.8 Å². The molecule has 1 saturated carbocycles. The van der Waals surface area contributed by atoms with Crippen LogP contribution in [0, 0.1) is 0 Å². The van der Waals surface area contributed by atoms with Gasteiger partial charge in [-0.15, -0.1) is 0 Å². The molecule has 0 saturated heterocycles. The minimum absolute atomic E-state index is 0.0197. The summed E-state index contributed by atoms with van der Waals surface area (Å²) in [4.78, 5) is 24.3. The normalized spacial score (nSPS) is 14.1. The van der Waals surface area contributed by atoms with Crippen LogP contribution < -0.4 is 10.6 Å². The molecule has 1 aliphatic rings. The van der Waals surface area contributed by atoms with Crippen molar-refractivity contribution >= 4 is 34.1 Å². The number of aromatic nitrogens is 2. The highest BCUT2D eigenvalue weighted by molar-refractivity contribution is 7.80. The van der Waals surface area contributed by atoms with Crippen molar-refractivity contribution < 1.29 is 4.79 Å². The van der Waals surface area contributed by atoms with Crippen LogP contribution in [-0.2, 0) is 0 Å². The predicted molar refractivity (Wildman–Crippen MR) is 137 cm³/mol. The number of amides is 1. The number of rotatable bonds is 7. The van der Waals surface area contributed by atoms with Crippen LogP contribution in [-0.4, -0.2) is 52.1 Å². The van der Waals surface area contributed by atoms with E-state index in [1.165, 1.54) is 32.1 Å². The van der Waals surface area contributed by atoms with E-state index in [1.807, 2.05) is 55.6 Å². The van der Waals surface area contributed by atoms with E-state index in [0.717, 1.165) is 34.7 Å². The van der Waals surface area contributed by atoms with E-state index in [1.54, 1.807) is 11.1 Å². The quantitative estimate of drug-likeness (QED) is 0.397. The maximum atomic E-state index is 13.4. The molecular weight excluding hydrogens is 430 g/mol. The molecule has 0 unspecified atom stereocenters. The van der Waals surface area contributed by atoms with E-state index in [0.29, 0.717) is 23.8 Å². The van der Waals surface area contributed by atoms with Gasteiger partial charge in [0.1, 0.15) is 0 Å². The van der Waals surface area contributed by atoms with Crippen molar-refractivity contribution in [2.45, 2.75) is 44.6 Å². The molecule has 2 heterocycles. The van der Waals surface area contributed by atoms with Crippen molar-refractivity contribution in [3.63, 3.8) is 0 Å². The van der Waals surface area contributed by atoms with Gasteiger partial charge in [-0.1, -0.05) is 43.5 Å². The third-order valence-electron chi connectivity index (χ3n) is 6.12. The fourth-order valence-corrected chi connectivity index (χ4v) is 4.58. The van der Waals surface area contributed by atoms with Crippen molar-refractivity contribution in [3.8, 4) is 11.4 Å². The summed E-state index contributed by atoms with van der Waals surface area (Å²) in [6.07, 6.45) is 8.82. The molecule has 7 heteroatoms. The molecule has 1 aliphatic carbocycles. The van der Waals surface area contributed by atoms with E-state index >= 15 is 0 Å². The lowest BCUT2D eigenvalue weighted by atomic mass is 9.96. The van der Waals surface area contributed by atoms with Crippen LogP contribution in [0.25, 0.3) is 22.3 Å². The summed E-state index contributed by atoms with van der Waals surface area (Å²) in [6.45, 7) is 1.36. The number of pyridine rings is 2. The molecule has 4 rings (SSSR count). The van der Waals surface area contributed by atoms with Gasteiger partial charge >= 0.3 is 0 Å². The number of hydrogen-bond acceptors (Lipinski definition) is 4. The lowest BCUT2D eigenvalue weighted by Crippen LogP contribution is -2.43. The van der Waals surface area contributed by atoms with E-state index in [-0.39, 0.29) is 5.91 Å². The standard InChI is InChI=1S/C26H31N5OS/c1-31(17-9-16-28-26(33)29-19-10-3-2-4-11-19)25(32)21-18-24(23-14-7-8-15-27-23)30-22-13-6-5-12-20(21)22/h5-8,12-15,18-19H,2-4,9-11,16-17H2,1H3,(H2,28,29,33). The Morgan fingerprint density at radius 1 is 1.09 bits per heavy atom. The lowest BCUT2D eigenvalue weighted by molar-refractivity contribution is 0.0796. The second-order valence-electron chi connectivity index (χ2n) is 8.60. The van der Waals surface area contributed by atoms with Gasteiger partial charge in [0.25, 0.3) is 5.91 Å². The van der Waals surface area contributed by atoms with Crippen molar-refractivity contribution in [1.29, 1.82) is 0 Å². The average Bonchev–Trinajstić information content (AvgIpc) is 2.86. The number of hydrogen-bond donors (Lipinski definition) is 2. The van der Waals surface area contributed by atoms with Gasteiger partial charge in [-0.25, -0.2) is 4.98 Å². The highest BCUT2D eigenvalue weighted by Crippen LogP contribution is 2.24. The summed E-state index contributed by atoms with van der Waals surface area (Å²) in [5, 5.41) is 8.28. The molecule has 172 valence electrons. The number of fused-ring (bicyclic) bond motifs is 1. The van der Waals surface area contributed by atoms with E-state index in [4.69, 9.17) is 17.2 Å². The summed E-state index contributed by atoms with van der Waals surface area (Å²) >= 11 is 5.44. The number of thiocarbonyl (C=S) groups is 1. The molecule has 6 nitrogen and oxygen atoms in total. The summed E-state index contributed by atoms with van der Waals surface area (Å²) < 4.78 is 0. The SMILES string of the molecule is CN(CCCNC(=S)NC1CCCCC1)C(=O)c1cc(-c2ccccn2)nc2ccccc12. The van der Waals surface area contributed by atoms with Gasteiger partial charge in [-0.2, -0.15) is 0 Å². The highest BCUT2D eigenvalue weighted by atomic mass is 32.1. The van der Waals surface area contributed by atoms with Crippen LogP contribution in [0.4, 0.5) is 0 Å². The molecule has 0 spiro atoms. The fraction of sp³-hybridized carbons (Fsp3) is 0.385. The number of nitrogens with zero attached hydrogens (tertiary/aromatic N) is 3. The number of carbonyl (C=O) groups is 1. The Hall–Kier alpha value is -3.06. The smallest absolute Gasteiger partial charge is 0.254 e. The Morgan fingerprint density at radius 3 is 2.67 bits per heavy atom. The Balaban J connectivity index is 1.37. The summed E-state index contributed by atoms with van der Waals surface area (Å²) in [7, 11) is 1.84. The first-order chi connectivity index (χ1) is 16.1. The summed E-state index contributed by atoms with van der Waals surface area (Å²) in [5.41, 5.74) is 2.89. The number of carbonyl (C=O) groups excluding carboxylic acids is 1. The molecule has 0 radical (unpaired) electrons. The van der Waals surface area contributed by atoms with E-state index in [2.05, 4.69) is 15.6 Å². The van der Waals surface area contributed by atoms with Crippen molar-refractivity contribution in [3.05, 3.63) is 60.3 Å². The number of nitrogens with one attached hydrogen (secondary N) is 2. The Kier molecular flexibility index (Phi) is 7.83. The molecule has 0 aliphatic heterocycles. The molecule has 0 atom stereocenters.